The Labute approximate surface area is 79.0 Å². The Balaban J connectivity index is 2.49. The molecule has 72 valence electrons. The standard InChI is InChI=1S/C10H16N2O/c1-4-5-6-13-10-7-11-12(8-10)9(2)3/h4-5,7-9H,6H2,1-3H3/b5-4+. The van der Waals surface area contributed by atoms with Crippen LogP contribution in [0.4, 0.5) is 0 Å². The highest BCUT2D eigenvalue weighted by molar-refractivity contribution is 5.12. The van der Waals surface area contributed by atoms with Gasteiger partial charge in [-0.15, -0.1) is 0 Å². The average molecular weight is 180 g/mol. The molecule has 0 aliphatic heterocycles. The third kappa shape index (κ3) is 2.93. The second-order valence-electron chi connectivity index (χ2n) is 3.13. The summed E-state index contributed by atoms with van der Waals surface area (Å²) < 4.78 is 7.29. The number of ether oxygens (including phenoxy) is 1. The Morgan fingerprint density at radius 3 is 2.92 bits per heavy atom. The first kappa shape index (κ1) is 9.84. The largest absolute Gasteiger partial charge is 0.486 e. The Morgan fingerprint density at radius 1 is 1.62 bits per heavy atom. The van der Waals surface area contributed by atoms with Crippen molar-refractivity contribution in [2.24, 2.45) is 0 Å². The normalized spacial score (nSPS) is 11.4. The Bertz CT molecular complexity index is 276. The van der Waals surface area contributed by atoms with Gasteiger partial charge in [-0.25, -0.2) is 0 Å². The van der Waals surface area contributed by atoms with Gasteiger partial charge in [-0.05, 0) is 20.8 Å². The fraction of sp³-hybridized carbons (Fsp3) is 0.500. The predicted octanol–water partition coefficient (Wildman–Crippen LogP) is 2.42. The highest BCUT2D eigenvalue weighted by atomic mass is 16.5. The molecule has 0 radical (unpaired) electrons. The highest BCUT2D eigenvalue weighted by Gasteiger charge is 2.00. The minimum Gasteiger partial charge on any atom is -0.486 e. The van der Waals surface area contributed by atoms with Crippen LogP contribution >= 0.6 is 0 Å². The third-order valence-corrected chi connectivity index (χ3v) is 1.69. The van der Waals surface area contributed by atoms with E-state index < -0.39 is 0 Å². The van der Waals surface area contributed by atoms with Crippen molar-refractivity contribution in [2.45, 2.75) is 26.8 Å². The minimum absolute atomic E-state index is 0.388. The van der Waals surface area contributed by atoms with Crippen LogP contribution in [0, 0.1) is 0 Å². The quantitative estimate of drug-likeness (QED) is 0.665. The zero-order valence-electron chi connectivity index (χ0n) is 8.40. The van der Waals surface area contributed by atoms with Gasteiger partial charge >= 0.3 is 0 Å². The maximum Gasteiger partial charge on any atom is 0.157 e. The maximum atomic E-state index is 5.41. The molecule has 0 aromatic carbocycles. The zero-order chi connectivity index (χ0) is 9.68. The smallest absolute Gasteiger partial charge is 0.157 e. The van der Waals surface area contributed by atoms with E-state index in [-0.39, 0.29) is 0 Å². The maximum absolute atomic E-state index is 5.41. The first-order valence-corrected chi connectivity index (χ1v) is 4.52. The van der Waals surface area contributed by atoms with Crippen molar-refractivity contribution in [2.75, 3.05) is 6.61 Å². The zero-order valence-corrected chi connectivity index (χ0v) is 8.40. The minimum atomic E-state index is 0.388. The van der Waals surface area contributed by atoms with Gasteiger partial charge in [0.1, 0.15) is 6.61 Å². The summed E-state index contributed by atoms with van der Waals surface area (Å²) in [6.07, 6.45) is 7.58. The molecule has 1 aromatic rings. The molecule has 0 atom stereocenters. The summed E-state index contributed by atoms with van der Waals surface area (Å²) in [5, 5.41) is 4.16. The molecule has 0 spiro atoms. The summed E-state index contributed by atoms with van der Waals surface area (Å²) in [4.78, 5) is 0. The molecule has 0 unspecified atom stereocenters. The van der Waals surface area contributed by atoms with E-state index in [0.29, 0.717) is 12.6 Å². The van der Waals surface area contributed by atoms with Crippen molar-refractivity contribution < 1.29 is 4.74 Å². The number of rotatable bonds is 4. The molecule has 0 N–H and O–H groups in total. The molecule has 1 heterocycles. The molecule has 3 nitrogen and oxygen atoms in total. The molecule has 0 saturated heterocycles. The van der Waals surface area contributed by atoms with Crippen LogP contribution in [0.5, 0.6) is 5.75 Å². The topological polar surface area (TPSA) is 27.1 Å². The third-order valence-electron chi connectivity index (χ3n) is 1.69. The van der Waals surface area contributed by atoms with E-state index in [9.17, 15) is 0 Å². The summed E-state index contributed by atoms with van der Waals surface area (Å²) >= 11 is 0. The molecule has 3 heteroatoms. The van der Waals surface area contributed by atoms with Crippen LogP contribution in [0.15, 0.2) is 24.5 Å². The number of allylic oxidation sites excluding steroid dienone is 1. The Hall–Kier alpha value is -1.25. The van der Waals surface area contributed by atoms with E-state index in [0.717, 1.165) is 5.75 Å². The monoisotopic (exact) mass is 180 g/mol. The van der Waals surface area contributed by atoms with Gasteiger partial charge in [0.25, 0.3) is 0 Å². The molecule has 0 fully saturated rings. The first-order valence-electron chi connectivity index (χ1n) is 4.52. The second kappa shape index (κ2) is 4.70. The van der Waals surface area contributed by atoms with Gasteiger partial charge in [-0.2, -0.15) is 5.10 Å². The Morgan fingerprint density at radius 2 is 2.38 bits per heavy atom. The van der Waals surface area contributed by atoms with E-state index >= 15 is 0 Å². The number of hydrogen-bond donors (Lipinski definition) is 0. The summed E-state index contributed by atoms with van der Waals surface area (Å²) in [5.74, 6) is 0.826. The summed E-state index contributed by atoms with van der Waals surface area (Å²) in [6.45, 7) is 6.76. The van der Waals surface area contributed by atoms with Gasteiger partial charge < -0.3 is 4.74 Å². The van der Waals surface area contributed by atoms with Crippen LogP contribution in [0.1, 0.15) is 26.8 Å². The molecule has 0 bridgehead atoms. The molecule has 0 aliphatic carbocycles. The lowest BCUT2D eigenvalue weighted by Crippen LogP contribution is -2.00. The fourth-order valence-corrected chi connectivity index (χ4v) is 0.918. The van der Waals surface area contributed by atoms with Crippen LogP contribution < -0.4 is 4.74 Å². The molecule has 13 heavy (non-hydrogen) atoms. The van der Waals surface area contributed by atoms with Gasteiger partial charge in [0.2, 0.25) is 0 Å². The molecular formula is C10H16N2O. The fourth-order valence-electron chi connectivity index (χ4n) is 0.918. The molecule has 0 amide bonds. The van der Waals surface area contributed by atoms with Gasteiger partial charge in [-0.3, -0.25) is 4.68 Å². The van der Waals surface area contributed by atoms with E-state index in [4.69, 9.17) is 4.74 Å². The van der Waals surface area contributed by atoms with Crippen molar-refractivity contribution >= 4 is 0 Å². The van der Waals surface area contributed by atoms with Crippen LogP contribution in [0.25, 0.3) is 0 Å². The van der Waals surface area contributed by atoms with Gasteiger partial charge in [0.05, 0.1) is 12.4 Å². The second-order valence-corrected chi connectivity index (χ2v) is 3.13. The molecular weight excluding hydrogens is 164 g/mol. The number of aromatic nitrogens is 2. The van der Waals surface area contributed by atoms with Crippen molar-refractivity contribution in [1.82, 2.24) is 9.78 Å². The van der Waals surface area contributed by atoms with Crippen LogP contribution in [-0.2, 0) is 0 Å². The molecule has 1 aromatic heterocycles. The van der Waals surface area contributed by atoms with Crippen LogP contribution in [0.2, 0.25) is 0 Å². The predicted molar refractivity (Wildman–Crippen MR) is 52.9 cm³/mol. The van der Waals surface area contributed by atoms with E-state index in [1.807, 2.05) is 30.0 Å². The van der Waals surface area contributed by atoms with E-state index in [2.05, 4.69) is 18.9 Å². The van der Waals surface area contributed by atoms with E-state index in [1.54, 1.807) is 6.20 Å². The van der Waals surface area contributed by atoms with Crippen molar-refractivity contribution in [3.63, 3.8) is 0 Å². The highest BCUT2D eigenvalue weighted by Crippen LogP contribution is 2.11. The lowest BCUT2D eigenvalue weighted by molar-refractivity contribution is 0.361. The van der Waals surface area contributed by atoms with Crippen LogP contribution in [0.3, 0.4) is 0 Å². The SMILES string of the molecule is C/C=C/COc1cnn(C(C)C)c1. The number of hydrogen-bond acceptors (Lipinski definition) is 2. The lowest BCUT2D eigenvalue weighted by atomic mass is 10.4. The molecule has 0 aliphatic rings. The molecule has 1 rings (SSSR count). The van der Waals surface area contributed by atoms with Crippen molar-refractivity contribution in [1.29, 1.82) is 0 Å². The summed E-state index contributed by atoms with van der Waals surface area (Å²) in [6, 6.07) is 0.388. The van der Waals surface area contributed by atoms with Crippen molar-refractivity contribution in [3.8, 4) is 5.75 Å². The lowest BCUT2D eigenvalue weighted by Gasteiger charge is -2.02. The van der Waals surface area contributed by atoms with Gasteiger partial charge in [0.15, 0.2) is 5.75 Å². The van der Waals surface area contributed by atoms with Crippen LogP contribution in [-0.4, -0.2) is 16.4 Å². The van der Waals surface area contributed by atoms with Gasteiger partial charge in [0, 0.05) is 6.04 Å². The molecule has 0 saturated carbocycles. The number of nitrogens with zero attached hydrogens (tertiary/aromatic N) is 2. The van der Waals surface area contributed by atoms with E-state index in [1.165, 1.54) is 0 Å². The van der Waals surface area contributed by atoms with Gasteiger partial charge in [-0.1, -0.05) is 12.2 Å². The average Bonchev–Trinajstić information content (AvgIpc) is 2.53. The summed E-state index contributed by atoms with van der Waals surface area (Å²) in [5.41, 5.74) is 0. The first-order chi connectivity index (χ1) is 6.24. The summed E-state index contributed by atoms with van der Waals surface area (Å²) in [7, 11) is 0. The Kier molecular flexibility index (Phi) is 3.55. The van der Waals surface area contributed by atoms with Crippen molar-refractivity contribution in [3.05, 3.63) is 24.5 Å².